The van der Waals surface area contributed by atoms with Crippen molar-refractivity contribution in [1.82, 2.24) is 10.2 Å². The van der Waals surface area contributed by atoms with Gasteiger partial charge in [-0.25, -0.2) is 8.42 Å². The Bertz CT molecular complexity index is 1410. The van der Waals surface area contributed by atoms with E-state index >= 15 is 0 Å². The minimum Gasteiger partial charge on any atom is -0.350 e. The number of hydrogen-bond acceptors (Lipinski definition) is 4. The van der Waals surface area contributed by atoms with E-state index in [1.165, 1.54) is 17.0 Å². The van der Waals surface area contributed by atoms with Crippen molar-refractivity contribution in [3.63, 3.8) is 0 Å². The molecule has 0 spiro atoms. The first-order valence-electron chi connectivity index (χ1n) is 13.5. The minimum atomic E-state index is -4.09. The van der Waals surface area contributed by atoms with Crippen molar-refractivity contribution in [2.45, 2.75) is 77.4 Å². The Labute approximate surface area is 239 Å². The predicted octanol–water partition coefficient (Wildman–Crippen LogP) is 5.65. The summed E-state index contributed by atoms with van der Waals surface area (Å²) in [5.74, 6) is -0.526. The van der Waals surface area contributed by atoms with Gasteiger partial charge in [0.15, 0.2) is 0 Å². The fraction of sp³-hybridized carbons (Fsp3) is 0.375. The molecule has 3 aromatic carbocycles. The fourth-order valence-electron chi connectivity index (χ4n) is 4.30. The van der Waals surface area contributed by atoms with Crippen LogP contribution in [-0.2, 0) is 26.2 Å². The first-order chi connectivity index (χ1) is 18.7. The normalized spacial score (nSPS) is 12.6. The predicted molar refractivity (Wildman–Crippen MR) is 161 cm³/mol. The van der Waals surface area contributed by atoms with Gasteiger partial charge in [0.1, 0.15) is 12.6 Å². The van der Waals surface area contributed by atoms with E-state index in [1.807, 2.05) is 64.1 Å². The second-order valence-corrected chi connectivity index (χ2v) is 13.3. The summed E-state index contributed by atoms with van der Waals surface area (Å²) in [5, 5.41) is 2.95. The average molecular weight is 564 g/mol. The van der Waals surface area contributed by atoms with Gasteiger partial charge in [-0.1, -0.05) is 68.4 Å². The maximum Gasteiger partial charge on any atom is 0.264 e. The van der Waals surface area contributed by atoms with Crippen molar-refractivity contribution < 1.29 is 18.0 Å². The minimum absolute atomic E-state index is 0.0831. The molecule has 0 heterocycles. The zero-order chi connectivity index (χ0) is 29.7. The van der Waals surface area contributed by atoms with E-state index < -0.39 is 34.1 Å². The number of nitrogens with one attached hydrogen (secondary N) is 1. The van der Waals surface area contributed by atoms with E-state index in [4.69, 9.17) is 0 Å². The van der Waals surface area contributed by atoms with Gasteiger partial charge >= 0.3 is 0 Å². The van der Waals surface area contributed by atoms with Crippen molar-refractivity contribution in [3.05, 3.63) is 95.6 Å². The van der Waals surface area contributed by atoms with E-state index in [2.05, 4.69) is 19.2 Å². The van der Waals surface area contributed by atoms with Gasteiger partial charge in [-0.2, -0.15) is 0 Å². The van der Waals surface area contributed by atoms with Crippen LogP contribution < -0.4 is 9.62 Å². The van der Waals surface area contributed by atoms with Gasteiger partial charge in [-0.15, -0.1) is 0 Å². The Balaban J connectivity index is 2.05. The zero-order valence-electron chi connectivity index (χ0n) is 24.5. The molecule has 2 amide bonds. The topological polar surface area (TPSA) is 86.8 Å². The molecule has 3 aromatic rings. The highest BCUT2D eigenvalue weighted by Crippen LogP contribution is 2.27. The maximum atomic E-state index is 14.0. The van der Waals surface area contributed by atoms with E-state index in [1.54, 1.807) is 37.3 Å². The summed E-state index contributed by atoms with van der Waals surface area (Å²) < 4.78 is 28.9. The van der Waals surface area contributed by atoms with Gasteiger partial charge in [0, 0.05) is 12.1 Å². The molecule has 7 nitrogen and oxygen atoms in total. The van der Waals surface area contributed by atoms with Gasteiger partial charge in [-0.3, -0.25) is 13.9 Å². The standard InChI is InChI=1S/C32H41N3O4S/c1-23(2)26-17-19-28(20-18-26)35(40(38,39)29-15-9-8-10-16-29)22-30(36)34(21-27-14-12-11-13-24(27)3)25(4)31(37)33-32(5,6)7/h8-20,23,25H,21-22H2,1-7H3,(H,33,37). The van der Waals surface area contributed by atoms with Gasteiger partial charge < -0.3 is 10.2 Å². The van der Waals surface area contributed by atoms with Crippen LogP contribution in [0.1, 0.15) is 64.2 Å². The molecule has 0 aliphatic rings. The van der Waals surface area contributed by atoms with Gasteiger partial charge in [0.05, 0.1) is 10.6 Å². The van der Waals surface area contributed by atoms with Crippen LogP contribution in [0.3, 0.4) is 0 Å². The molecule has 214 valence electrons. The molecule has 40 heavy (non-hydrogen) atoms. The highest BCUT2D eigenvalue weighted by molar-refractivity contribution is 7.92. The fourth-order valence-corrected chi connectivity index (χ4v) is 5.74. The lowest BCUT2D eigenvalue weighted by Crippen LogP contribution is -2.54. The third-order valence-electron chi connectivity index (χ3n) is 6.73. The van der Waals surface area contributed by atoms with E-state index in [0.29, 0.717) is 5.69 Å². The van der Waals surface area contributed by atoms with Crippen LogP contribution in [0.5, 0.6) is 0 Å². The number of aryl methyl sites for hydroxylation is 1. The van der Waals surface area contributed by atoms with Crippen molar-refractivity contribution in [2.24, 2.45) is 0 Å². The summed E-state index contributed by atoms with van der Waals surface area (Å²) in [4.78, 5) is 28.8. The Hall–Kier alpha value is -3.65. The molecule has 1 N–H and O–H groups in total. The summed E-state index contributed by atoms with van der Waals surface area (Å²) >= 11 is 0. The molecule has 0 aliphatic carbocycles. The SMILES string of the molecule is Cc1ccccc1CN(C(=O)CN(c1ccc(C(C)C)cc1)S(=O)(=O)c1ccccc1)C(C)C(=O)NC(C)(C)C. The lowest BCUT2D eigenvalue weighted by atomic mass is 10.0. The first-order valence-corrected chi connectivity index (χ1v) is 15.0. The average Bonchev–Trinajstić information content (AvgIpc) is 2.90. The Morgan fingerprint density at radius 3 is 1.98 bits per heavy atom. The summed E-state index contributed by atoms with van der Waals surface area (Å²) in [7, 11) is -4.09. The second-order valence-electron chi connectivity index (χ2n) is 11.4. The second kappa shape index (κ2) is 12.7. The van der Waals surface area contributed by atoms with Crippen molar-refractivity contribution >= 4 is 27.5 Å². The molecule has 0 aromatic heterocycles. The molecular weight excluding hydrogens is 522 g/mol. The molecule has 0 radical (unpaired) electrons. The number of rotatable bonds is 10. The zero-order valence-corrected chi connectivity index (χ0v) is 25.3. The van der Waals surface area contributed by atoms with E-state index in [0.717, 1.165) is 21.0 Å². The van der Waals surface area contributed by atoms with Crippen LogP contribution >= 0.6 is 0 Å². The number of amides is 2. The number of hydrogen-bond donors (Lipinski definition) is 1. The Morgan fingerprint density at radius 2 is 1.43 bits per heavy atom. The van der Waals surface area contributed by atoms with Crippen LogP contribution in [0.15, 0.2) is 83.8 Å². The summed E-state index contributed by atoms with van der Waals surface area (Å²) in [6, 6.07) is 22.1. The third-order valence-corrected chi connectivity index (χ3v) is 8.51. The van der Waals surface area contributed by atoms with Crippen LogP contribution in [0, 0.1) is 6.92 Å². The number of sulfonamides is 1. The monoisotopic (exact) mass is 563 g/mol. The number of carbonyl (C=O) groups is 2. The number of nitrogens with zero attached hydrogens (tertiary/aromatic N) is 2. The smallest absolute Gasteiger partial charge is 0.264 e. The number of benzene rings is 3. The molecule has 0 bridgehead atoms. The molecule has 0 saturated carbocycles. The molecule has 3 rings (SSSR count). The van der Waals surface area contributed by atoms with Crippen LogP contribution in [-0.4, -0.2) is 43.3 Å². The summed E-state index contributed by atoms with van der Waals surface area (Å²) in [6.45, 7) is 13.1. The molecule has 1 unspecified atom stereocenters. The van der Waals surface area contributed by atoms with Crippen LogP contribution in [0.2, 0.25) is 0 Å². The lowest BCUT2D eigenvalue weighted by molar-refractivity contribution is -0.140. The highest BCUT2D eigenvalue weighted by atomic mass is 32.2. The summed E-state index contributed by atoms with van der Waals surface area (Å²) in [6.07, 6.45) is 0. The van der Waals surface area contributed by atoms with Crippen molar-refractivity contribution in [1.29, 1.82) is 0 Å². The van der Waals surface area contributed by atoms with Crippen molar-refractivity contribution in [2.75, 3.05) is 10.8 Å². The lowest BCUT2D eigenvalue weighted by Gasteiger charge is -2.33. The maximum absolute atomic E-state index is 14.0. The van der Waals surface area contributed by atoms with E-state index in [9.17, 15) is 18.0 Å². The van der Waals surface area contributed by atoms with Crippen LogP contribution in [0.4, 0.5) is 5.69 Å². The van der Waals surface area contributed by atoms with Crippen LogP contribution in [0.25, 0.3) is 0 Å². The third kappa shape index (κ3) is 7.72. The molecule has 0 saturated heterocycles. The van der Waals surface area contributed by atoms with Gasteiger partial charge in [0.25, 0.3) is 10.0 Å². The molecule has 0 aliphatic heterocycles. The first kappa shape index (κ1) is 30.9. The Morgan fingerprint density at radius 1 is 0.850 bits per heavy atom. The number of carbonyl (C=O) groups excluding carboxylic acids is 2. The number of anilines is 1. The largest absolute Gasteiger partial charge is 0.350 e. The molecule has 0 fully saturated rings. The summed E-state index contributed by atoms with van der Waals surface area (Å²) in [5.41, 5.74) is 2.79. The quantitative estimate of drug-likeness (QED) is 0.346. The molecular formula is C32H41N3O4S. The molecule has 8 heteroatoms. The van der Waals surface area contributed by atoms with Gasteiger partial charge in [0.2, 0.25) is 11.8 Å². The van der Waals surface area contributed by atoms with Gasteiger partial charge in [-0.05, 0) is 81.5 Å². The highest BCUT2D eigenvalue weighted by Gasteiger charge is 2.33. The van der Waals surface area contributed by atoms with Crippen molar-refractivity contribution in [3.8, 4) is 0 Å². The molecule has 1 atom stereocenters. The Kier molecular flexibility index (Phi) is 9.79. The van der Waals surface area contributed by atoms with E-state index in [-0.39, 0.29) is 23.3 Å².